The topological polar surface area (TPSA) is 107 Å². The average molecular weight is 321 g/mol. The highest BCUT2D eigenvalue weighted by atomic mass is 16.5. The summed E-state index contributed by atoms with van der Waals surface area (Å²) in [5.41, 5.74) is 0.783. The van der Waals surface area contributed by atoms with Gasteiger partial charge in [-0.15, -0.1) is 0 Å². The van der Waals surface area contributed by atoms with Crippen LogP contribution in [0.1, 0.15) is 5.82 Å². The van der Waals surface area contributed by atoms with Crippen molar-refractivity contribution >= 4 is 10.9 Å². The van der Waals surface area contributed by atoms with Gasteiger partial charge in [-0.25, -0.2) is 14.3 Å². The van der Waals surface area contributed by atoms with Gasteiger partial charge >= 0.3 is 5.76 Å². The summed E-state index contributed by atoms with van der Waals surface area (Å²) in [5.74, 6) is -0.0379. The molecule has 24 heavy (non-hydrogen) atoms. The molecule has 1 aromatic carbocycles. The summed E-state index contributed by atoms with van der Waals surface area (Å²) in [6.45, 7) is 0.0221. The largest absolute Gasteiger partial charge is 0.442 e. The first-order valence-corrected chi connectivity index (χ1v) is 7.18. The summed E-state index contributed by atoms with van der Waals surface area (Å²) in [6.07, 6.45) is 1.59. The number of aromatic nitrogens is 5. The van der Waals surface area contributed by atoms with E-state index in [0.29, 0.717) is 22.4 Å². The van der Waals surface area contributed by atoms with Gasteiger partial charge in [0.05, 0.1) is 17.4 Å². The molecule has 0 aliphatic heterocycles. The first kappa shape index (κ1) is 14.1. The molecular weight excluding hydrogens is 310 g/mol. The van der Waals surface area contributed by atoms with Crippen LogP contribution in [0.25, 0.3) is 22.4 Å². The summed E-state index contributed by atoms with van der Waals surface area (Å²) in [7, 11) is 0. The first-order valence-electron chi connectivity index (χ1n) is 7.18. The molecule has 118 valence electrons. The molecule has 0 bridgehead atoms. The van der Waals surface area contributed by atoms with Crippen molar-refractivity contribution in [2.24, 2.45) is 0 Å². The van der Waals surface area contributed by atoms with Crippen LogP contribution in [-0.2, 0) is 6.54 Å². The zero-order valence-corrected chi connectivity index (χ0v) is 12.3. The molecule has 0 radical (unpaired) electrons. The van der Waals surface area contributed by atoms with Gasteiger partial charge in [0.1, 0.15) is 11.5 Å². The van der Waals surface area contributed by atoms with E-state index in [0.717, 1.165) is 0 Å². The molecule has 0 unspecified atom stereocenters. The fourth-order valence-electron chi connectivity index (χ4n) is 2.45. The number of benzene rings is 1. The van der Waals surface area contributed by atoms with E-state index < -0.39 is 5.76 Å². The van der Waals surface area contributed by atoms with Gasteiger partial charge in [0.25, 0.3) is 5.56 Å². The van der Waals surface area contributed by atoms with Crippen LogP contribution in [0, 0.1) is 0 Å². The molecule has 3 heterocycles. The van der Waals surface area contributed by atoms with Gasteiger partial charge in [-0.2, -0.15) is 0 Å². The van der Waals surface area contributed by atoms with Crippen LogP contribution >= 0.6 is 0 Å². The second kappa shape index (κ2) is 5.58. The Labute approximate surface area is 134 Å². The number of aromatic amines is 1. The van der Waals surface area contributed by atoms with E-state index in [9.17, 15) is 9.59 Å². The molecule has 4 aromatic rings. The van der Waals surface area contributed by atoms with E-state index in [1.165, 1.54) is 4.57 Å². The van der Waals surface area contributed by atoms with Crippen molar-refractivity contribution in [3.63, 3.8) is 0 Å². The van der Waals surface area contributed by atoms with Crippen LogP contribution in [0.5, 0.6) is 0 Å². The molecule has 0 aliphatic rings. The third-order valence-electron chi connectivity index (χ3n) is 3.55. The zero-order valence-electron chi connectivity index (χ0n) is 12.3. The van der Waals surface area contributed by atoms with Crippen LogP contribution in [0.2, 0.25) is 0 Å². The highest BCUT2D eigenvalue weighted by molar-refractivity contribution is 5.77. The summed E-state index contributed by atoms with van der Waals surface area (Å²) < 4.78 is 6.01. The lowest BCUT2D eigenvalue weighted by atomic mass is 10.2. The molecule has 0 fully saturated rings. The van der Waals surface area contributed by atoms with Crippen LogP contribution in [0.3, 0.4) is 0 Å². The third kappa shape index (κ3) is 2.39. The van der Waals surface area contributed by atoms with E-state index in [-0.39, 0.29) is 17.9 Å². The van der Waals surface area contributed by atoms with Crippen molar-refractivity contribution in [1.82, 2.24) is 24.7 Å². The number of fused-ring (bicyclic) bond motifs is 1. The van der Waals surface area contributed by atoms with Crippen molar-refractivity contribution in [1.29, 1.82) is 0 Å². The summed E-state index contributed by atoms with van der Waals surface area (Å²) in [4.78, 5) is 35.3. The Hall–Kier alpha value is -3.55. The number of rotatable bonds is 3. The van der Waals surface area contributed by atoms with Crippen LogP contribution < -0.4 is 11.3 Å². The summed E-state index contributed by atoms with van der Waals surface area (Å²) in [6, 6.07) is 12.2. The first-order chi connectivity index (χ1) is 11.7. The lowest BCUT2D eigenvalue weighted by Crippen LogP contribution is -2.21. The summed E-state index contributed by atoms with van der Waals surface area (Å²) in [5, 5.41) is 4.25. The minimum absolute atomic E-state index is 0.0221. The Kier molecular flexibility index (Phi) is 3.27. The Morgan fingerprint density at radius 3 is 2.75 bits per heavy atom. The van der Waals surface area contributed by atoms with E-state index in [4.69, 9.17) is 4.52 Å². The number of hydrogen-bond donors (Lipinski definition) is 1. The van der Waals surface area contributed by atoms with Crippen molar-refractivity contribution in [2.75, 3.05) is 0 Å². The molecule has 0 saturated heterocycles. The van der Waals surface area contributed by atoms with Crippen molar-refractivity contribution in [2.45, 2.75) is 6.54 Å². The van der Waals surface area contributed by atoms with Gasteiger partial charge in [0.15, 0.2) is 0 Å². The molecule has 4 rings (SSSR count). The fraction of sp³-hybridized carbons (Fsp3) is 0.0625. The monoisotopic (exact) mass is 321 g/mol. The molecule has 1 N–H and O–H groups in total. The fourth-order valence-corrected chi connectivity index (χ4v) is 2.45. The maximum atomic E-state index is 12.1. The van der Waals surface area contributed by atoms with Gasteiger partial charge in [0, 0.05) is 6.20 Å². The van der Waals surface area contributed by atoms with Crippen molar-refractivity contribution in [3.8, 4) is 11.5 Å². The predicted molar refractivity (Wildman–Crippen MR) is 85.5 cm³/mol. The van der Waals surface area contributed by atoms with Gasteiger partial charge in [-0.1, -0.05) is 23.4 Å². The lowest BCUT2D eigenvalue weighted by Gasteiger charge is -2.05. The lowest BCUT2D eigenvalue weighted by molar-refractivity contribution is 0.377. The second-order valence-corrected chi connectivity index (χ2v) is 5.10. The maximum Gasteiger partial charge on any atom is 0.442 e. The van der Waals surface area contributed by atoms with Crippen molar-refractivity contribution in [3.05, 3.63) is 75.4 Å². The quantitative estimate of drug-likeness (QED) is 0.607. The number of para-hydroxylation sites is 1. The molecular formula is C16H11N5O3. The average Bonchev–Trinajstić information content (AvgIpc) is 2.96. The molecule has 0 saturated carbocycles. The molecule has 8 nitrogen and oxygen atoms in total. The normalized spacial score (nSPS) is 11.0. The molecule has 0 atom stereocenters. The van der Waals surface area contributed by atoms with Gasteiger partial charge in [0.2, 0.25) is 5.82 Å². The van der Waals surface area contributed by atoms with Crippen molar-refractivity contribution < 1.29 is 4.52 Å². The number of nitrogens with zero attached hydrogens (tertiary/aromatic N) is 4. The van der Waals surface area contributed by atoms with E-state index >= 15 is 0 Å². The van der Waals surface area contributed by atoms with Crippen LogP contribution in [0.15, 0.2) is 62.8 Å². The third-order valence-corrected chi connectivity index (χ3v) is 3.55. The molecule has 8 heteroatoms. The highest BCUT2D eigenvalue weighted by Crippen LogP contribution is 2.13. The Bertz CT molecular complexity index is 1130. The highest BCUT2D eigenvalue weighted by Gasteiger charge is 2.15. The number of H-pyrrole nitrogens is 1. The number of hydrogen-bond acceptors (Lipinski definition) is 6. The minimum Gasteiger partial charge on any atom is -0.308 e. The Balaban J connectivity index is 1.81. The maximum absolute atomic E-state index is 12.1. The van der Waals surface area contributed by atoms with Gasteiger partial charge < -0.3 is 4.98 Å². The zero-order chi connectivity index (χ0) is 16.5. The second-order valence-electron chi connectivity index (χ2n) is 5.10. The Morgan fingerprint density at radius 1 is 1.08 bits per heavy atom. The standard InChI is InChI=1S/C16H11N5O3/c22-15-10-5-1-2-6-11(10)18-13(19-15)9-21-14(20-24-16(21)23)12-7-3-4-8-17-12/h1-8H,9H2,(H,18,19,22). The molecule has 0 aliphatic carbocycles. The van der Waals surface area contributed by atoms with Crippen LogP contribution in [0.4, 0.5) is 0 Å². The predicted octanol–water partition coefficient (Wildman–Crippen LogP) is 1.18. The molecule has 3 aromatic heterocycles. The van der Waals surface area contributed by atoms with Gasteiger partial charge in [-0.3, -0.25) is 14.3 Å². The Morgan fingerprint density at radius 2 is 1.92 bits per heavy atom. The SMILES string of the molecule is O=c1[nH]c(Cn2c(-c3ccccn3)noc2=O)nc2ccccc12. The number of pyridine rings is 1. The number of nitrogens with one attached hydrogen (secondary N) is 1. The smallest absolute Gasteiger partial charge is 0.308 e. The van der Waals surface area contributed by atoms with Gasteiger partial charge in [-0.05, 0) is 24.3 Å². The minimum atomic E-state index is -0.647. The molecule has 0 amide bonds. The van der Waals surface area contributed by atoms with E-state index in [1.807, 2.05) is 0 Å². The van der Waals surface area contributed by atoms with E-state index in [1.54, 1.807) is 48.7 Å². The summed E-state index contributed by atoms with van der Waals surface area (Å²) >= 11 is 0. The van der Waals surface area contributed by atoms with E-state index in [2.05, 4.69) is 20.1 Å². The molecule has 0 spiro atoms. The van der Waals surface area contributed by atoms with Crippen LogP contribution in [-0.4, -0.2) is 24.7 Å².